The summed E-state index contributed by atoms with van der Waals surface area (Å²) in [5.41, 5.74) is 0.134. The second-order valence-electron chi connectivity index (χ2n) is 8.28. The SMILES string of the molecule is O=C(O)c1cn(C2CC2)c2c(F)c(N3CCNC(c4ccc(O)cc4)C3)c(Cl)cc2c1=O. The van der Waals surface area contributed by atoms with E-state index in [1.54, 1.807) is 16.7 Å². The first-order chi connectivity index (χ1) is 15.3. The molecule has 32 heavy (non-hydrogen) atoms. The van der Waals surface area contributed by atoms with Crippen molar-refractivity contribution < 1.29 is 19.4 Å². The lowest BCUT2D eigenvalue weighted by molar-refractivity contribution is 0.0695. The number of hydrogen-bond acceptors (Lipinski definition) is 5. The molecule has 1 atom stereocenters. The van der Waals surface area contributed by atoms with Gasteiger partial charge in [0.2, 0.25) is 5.43 Å². The van der Waals surface area contributed by atoms with E-state index in [0.29, 0.717) is 19.6 Å². The number of piperazine rings is 1. The summed E-state index contributed by atoms with van der Waals surface area (Å²) in [5.74, 6) is -1.78. The van der Waals surface area contributed by atoms with E-state index < -0.39 is 17.2 Å². The van der Waals surface area contributed by atoms with E-state index >= 15 is 4.39 Å². The van der Waals surface area contributed by atoms with Crippen molar-refractivity contribution in [1.29, 1.82) is 0 Å². The number of fused-ring (bicyclic) bond motifs is 1. The number of nitrogens with one attached hydrogen (secondary N) is 1. The highest BCUT2D eigenvalue weighted by molar-refractivity contribution is 6.34. The molecule has 3 N–H and O–H groups in total. The number of carboxylic acids is 1. The Balaban J connectivity index is 1.62. The molecule has 9 heteroatoms. The van der Waals surface area contributed by atoms with Gasteiger partial charge < -0.3 is 25.0 Å². The highest BCUT2D eigenvalue weighted by Gasteiger charge is 2.32. The fourth-order valence-electron chi connectivity index (χ4n) is 4.40. The Morgan fingerprint density at radius 1 is 1.22 bits per heavy atom. The number of phenols is 1. The second-order valence-corrected chi connectivity index (χ2v) is 8.68. The molecular weight excluding hydrogens is 437 g/mol. The minimum Gasteiger partial charge on any atom is -0.508 e. The molecule has 2 aromatic carbocycles. The molecular formula is C23H21ClFN3O4. The maximum Gasteiger partial charge on any atom is 0.341 e. The zero-order chi connectivity index (χ0) is 22.6. The predicted octanol–water partition coefficient (Wildman–Crippen LogP) is 3.68. The third-order valence-electron chi connectivity index (χ3n) is 6.14. The van der Waals surface area contributed by atoms with E-state index in [-0.39, 0.29) is 45.0 Å². The van der Waals surface area contributed by atoms with Gasteiger partial charge in [-0.1, -0.05) is 23.7 Å². The van der Waals surface area contributed by atoms with Gasteiger partial charge in [0, 0.05) is 37.9 Å². The molecule has 1 aliphatic heterocycles. The molecule has 0 amide bonds. The summed E-state index contributed by atoms with van der Waals surface area (Å²) in [6.07, 6.45) is 2.85. The molecule has 5 rings (SSSR count). The van der Waals surface area contributed by atoms with E-state index in [1.807, 2.05) is 17.0 Å². The normalized spacial score (nSPS) is 18.8. The molecule has 0 bridgehead atoms. The number of rotatable bonds is 4. The molecule has 2 fully saturated rings. The number of carboxylic acid groups (broad SMARTS) is 1. The van der Waals surface area contributed by atoms with Gasteiger partial charge in [-0.25, -0.2) is 9.18 Å². The van der Waals surface area contributed by atoms with Gasteiger partial charge in [-0.05, 0) is 36.6 Å². The third-order valence-corrected chi connectivity index (χ3v) is 6.43. The van der Waals surface area contributed by atoms with Crippen molar-refractivity contribution >= 4 is 34.2 Å². The van der Waals surface area contributed by atoms with Crippen molar-refractivity contribution in [3.8, 4) is 5.75 Å². The van der Waals surface area contributed by atoms with Crippen LogP contribution in [0.2, 0.25) is 5.02 Å². The summed E-state index contributed by atoms with van der Waals surface area (Å²) < 4.78 is 17.6. The molecule has 2 aliphatic rings. The van der Waals surface area contributed by atoms with E-state index in [0.717, 1.165) is 18.4 Å². The third kappa shape index (κ3) is 3.49. The smallest absolute Gasteiger partial charge is 0.341 e. The van der Waals surface area contributed by atoms with Gasteiger partial charge >= 0.3 is 5.97 Å². The molecule has 2 heterocycles. The van der Waals surface area contributed by atoms with Crippen LogP contribution in [0.15, 0.2) is 41.3 Å². The largest absolute Gasteiger partial charge is 0.508 e. The van der Waals surface area contributed by atoms with E-state index in [4.69, 9.17) is 11.6 Å². The lowest BCUT2D eigenvalue weighted by Crippen LogP contribution is -2.46. The van der Waals surface area contributed by atoms with Crippen LogP contribution < -0.4 is 15.6 Å². The molecule has 0 radical (unpaired) electrons. The number of phenolic OH excluding ortho intramolecular Hbond substituents is 1. The number of benzene rings is 2. The number of carbonyl (C=O) groups is 1. The highest BCUT2D eigenvalue weighted by Crippen LogP contribution is 2.41. The fourth-order valence-corrected chi connectivity index (χ4v) is 4.71. The van der Waals surface area contributed by atoms with Crippen LogP contribution in [0.25, 0.3) is 10.9 Å². The molecule has 1 saturated carbocycles. The Bertz CT molecular complexity index is 1290. The first-order valence-electron chi connectivity index (χ1n) is 10.4. The number of aromatic carboxylic acids is 1. The lowest BCUT2D eigenvalue weighted by Gasteiger charge is -2.36. The monoisotopic (exact) mass is 457 g/mol. The van der Waals surface area contributed by atoms with Crippen LogP contribution in [0.1, 0.15) is 40.8 Å². The summed E-state index contributed by atoms with van der Waals surface area (Å²) in [4.78, 5) is 26.2. The van der Waals surface area contributed by atoms with Gasteiger partial charge in [0.1, 0.15) is 11.3 Å². The number of pyridine rings is 1. The Morgan fingerprint density at radius 2 is 1.94 bits per heavy atom. The Kier molecular flexibility index (Phi) is 5.06. The Morgan fingerprint density at radius 3 is 2.59 bits per heavy atom. The van der Waals surface area contributed by atoms with Crippen LogP contribution in [0.4, 0.5) is 10.1 Å². The van der Waals surface area contributed by atoms with Crippen molar-refractivity contribution in [2.75, 3.05) is 24.5 Å². The standard InChI is InChI=1S/C23H21ClFN3O4/c24-17-9-15-20(28(13-3-4-13)10-16(22(15)30)23(31)32)19(25)21(17)27-8-7-26-18(11-27)12-1-5-14(29)6-2-12/h1-2,5-6,9-10,13,18,26,29H,3-4,7-8,11H2,(H,31,32). The molecule has 1 aromatic heterocycles. The quantitative estimate of drug-likeness (QED) is 0.553. The average molecular weight is 458 g/mol. The van der Waals surface area contributed by atoms with Crippen LogP contribution in [-0.2, 0) is 0 Å². The first-order valence-corrected chi connectivity index (χ1v) is 10.8. The van der Waals surface area contributed by atoms with Gasteiger partial charge in [0.05, 0.1) is 21.6 Å². The van der Waals surface area contributed by atoms with Gasteiger partial charge in [-0.15, -0.1) is 0 Å². The summed E-state index contributed by atoms with van der Waals surface area (Å²) >= 11 is 6.48. The van der Waals surface area contributed by atoms with Crippen LogP contribution in [0.5, 0.6) is 5.75 Å². The summed E-state index contributed by atoms with van der Waals surface area (Å²) in [6.45, 7) is 1.54. The minimum atomic E-state index is -1.34. The van der Waals surface area contributed by atoms with Crippen LogP contribution in [0, 0.1) is 5.82 Å². The highest BCUT2D eigenvalue weighted by atomic mass is 35.5. The number of nitrogens with zero attached hydrogens (tertiary/aromatic N) is 2. The number of aromatic nitrogens is 1. The van der Waals surface area contributed by atoms with Crippen molar-refractivity contribution in [3.63, 3.8) is 0 Å². The van der Waals surface area contributed by atoms with Crippen molar-refractivity contribution in [3.05, 3.63) is 68.7 Å². The van der Waals surface area contributed by atoms with E-state index in [2.05, 4.69) is 5.32 Å². The molecule has 1 unspecified atom stereocenters. The van der Waals surface area contributed by atoms with Crippen molar-refractivity contribution in [2.45, 2.75) is 24.9 Å². The van der Waals surface area contributed by atoms with E-state index in [9.17, 15) is 19.8 Å². The van der Waals surface area contributed by atoms with Gasteiger partial charge in [-0.2, -0.15) is 0 Å². The summed E-state index contributed by atoms with van der Waals surface area (Å²) in [5, 5.41) is 22.4. The first kappa shape index (κ1) is 20.8. The number of anilines is 1. The number of aromatic hydroxyl groups is 1. The number of hydrogen-bond donors (Lipinski definition) is 3. The average Bonchev–Trinajstić information content (AvgIpc) is 3.60. The molecule has 1 saturated heterocycles. The Hall–Kier alpha value is -3.10. The minimum absolute atomic E-state index is 0.0201. The van der Waals surface area contributed by atoms with Gasteiger partial charge in [-0.3, -0.25) is 4.79 Å². The van der Waals surface area contributed by atoms with Crippen LogP contribution in [-0.4, -0.2) is 40.4 Å². The van der Waals surface area contributed by atoms with Crippen molar-refractivity contribution in [1.82, 2.24) is 9.88 Å². The van der Waals surface area contributed by atoms with Gasteiger partial charge in [0.15, 0.2) is 5.82 Å². The molecule has 166 valence electrons. The molecule has 7 nitrogen and oxygen atoms in total. The molecule has 1 aliphatic carbocycles. The summed E-state index contributed by atoms with van der Waals surface area (Å²) in [7, 11) is 0. The molecule has 0 spiro atoms. The van der Waals surface area contributed by atoms with E-state index in [1.165, 1.54) is 12.3 Å². The van der Waals surface area contributed by atoms with Crippen LogP contribution in [0.3, 0.4) is 0 Å². The maximum absolute atomic E-state index is 16.0. The zero-order valence-corrected chi connectivity index (χ0v) is 17.8. The fraction of sp³-hybridized carbons (Fsp3) is 0.304. The zero-order valence-electron chi connectivity index (χ0n) is 17.0. The Labute approximate surface area is 187 Å². The second kappa shape index (κ2) is 7.79. The molecule has 3 aromatic rings. The topological polar surface area (TPSA) is 94.8 Å². The van der Waals surface area contributed by atoms with Crippen molar-refractivity contribution in [2.24, 2.45) is 0 Å². The van der Waals surface area contributed by atoms with Gasteiger partial charge in [0.25, 0.3) is 0 Å². The number of halogens is 2. The van der Waals surface area contributed by atoms with Crippen LogP contribution >= 0.6 is 11.6 Å². The predicted molar refractivity (Wildman–Crippen MR) is 119 cm³/mol. The lowest BCUT2D eigenvalue weighted by atomic mass is 10.0. The maximum atomic E-state index is 16.0. The summed E-state index contributed by atoms with van der Waals surface area (Å²) in [6, 6.07) is 8.09.